The van der Waals surface area contributed by atoms with Crippen molar-refractivity contribution >= 4 is 29.1 Å². The Morgan fingerprint density at radius 3 is 1.97 bits per heavy atom. The molecule has 2 aromatic rings. The molecule has 1 N–H and O–H groups in total. The van der Waals surface area contributed by atoms with Crippen LogP contribution in [0.1, 0.15) is 71.4 Å². The molecule has 168 valence electrons. The third-order valence-electron chi connectivity index (χ3n) is 4.65. The fourth-order valence-corrected chi connectivity index (χ4v) is 3.65. The van der Waals surface area contributed by atoms with Crippen molar-refractivity contribution < 1.29 is 14.3 Å². The average Bonchev–Trinajstić information content (AvgIpc) is 2.68. The molecule has 0 aliphatic rings. The molecule has 0 aromatic heterocycles. The Balaban J connectivity index is 2.68. The van der Waals surface area contributed by atoms with Gasteiger partial charge in [-0.25, -0.2) is 9.69 Å². The van der Waals surface area contributed by atoms with Crippen molar-refractivity contribution in [1.82, 2.24) is 5.32 Å². The molecule has 0 spiro atoms. The second-order valence-electron chi connectivity index (χ2n) is 8.31. The number of hydrogen-bond donors (Lipinski definition) is 1. The van der Waals surface area contributed by atoms with E-state index in [0.29, 0.717) is 5.11 Å². The summed E-state index contributed by atoms with van der Waals surface area (Å²) in [6.07, 6.45) is -0.485. The SMILES string of the molecule is CCOC(=O)N(C(=S)NC(C)C)c1c(C(C)C)cc(Oc2ccccc2)cc1C(C)C. The summed E-state index contributed by atoms with van der Waals surface area (Å²) in [7, 11) is 0. The van der Waals surface area contributed by atoms with Crippen LogP contribution < -0.4 is 15.0 Å². The number of para-hydroxylation sites is 1. The lowest BCUT2D eigenvalue weighted by atomic mass is 9.91. The summed E-state index contributed by atoms with van der Waals surface area (Å²) in [4.78, 5) is 14.5. The first-order valence-electron chi connectivity index (χ1n) is 10.8. The van der Waals surface area contributed by atoms with E-state index in [1.165, 1.54) is 4.90 Å². The van der Waals surface area contributed by atoms with Gasteiger partial charge in [-0.2, -0.15) is 0 Å². The van der Waals surface area contributed by atoms with Gasteiger partial charge in [0.2, 0.25) is 0 Å². The minimum Gasteiger partial charge on any atom is -0.457 e. The van der Waals surface area contributed by atoms with Gasteiger partial charge in [0.05, 0.1) is 12.3 Å². The summed E-state index contributed by atoms with van der Waals surface area (Å²) in [5, 5.41) is 3.52. The van der Waals surface area contributed by atoms with Crippen molar-refractivity contribution in [2.75, 3.05) is 11.5 Å². The standard InChI is InChI=1S/C25H34N2O3S/c1-8-29-25(28)27(24(31)26-18(6)7)23-21(16(2)3)14-20(15-22(23)17(4)5)30-19-12-10-9-11-13-19/h9-18H,8H2,1-7H3,(H,26,31). The third kappa shape index (κ3) is 6.44. The topological polar surface area (TPSA) is 50.8 Å². The summed E-state index contributed by atoms with van der Waals surface area (Å²) in [6, 6.07) is 13.7. The summed E-state index contributed by atoms with van der Waals surface area (Å²) in [5.74, 6) is 1.75. The molecule has 2 rings (SSSR count). The predicted octanol–water partition coefficient (Wildman–Crippen LogP) is 6.97. The number of nitrogens with zero attached hydrogens (tertiary/aromatic N) is 1. The average molecular weight is 443 g/mol. The zero-order valence-corrected chi connectivity index (χ0v) is 20.4. The highest BCUT2D eigenvalue weighted by Crippen LogP contribution is 2.40. The van der Waals surface area contributed by atoms with Gasteiger partial charge < -0.3 is 14.8 Å². The summed E-state index contributed by atoms with van der Waals surface area (Å²) < 4.78 is 11.5. The summed E-state index contributed by atoms with van der Waals surface area (Å²) in [5.41, 5.74) is 2.71. The Hall–Kier alpha value is -2.60. The predicted molar refractivity (Wildman–Crippen MR) is 132 cm³/mol. The number of amides is 1. The van der Waals surface area contributed by atoms with E-state index in [4.69, 9.17) is 21.7 Å². The van der Waals surface area contributed by atoms with Crippen LogP contribution in [0.2, 0.25) is 0 Å². The molecule has 0 bridgehead atoms. The number of benzene rings is 2. The molecule has 0 unspecified atom stereocenters. The quantitative estimate of drug-likeness (QED) is 0.469. The molecule has 0 saturated carbocycles. The van der Waals surface area contributed by atoms with Crippen molar-refractivity contribution in [3.63, 3.8) is 0 Å². The van der Waals surface area contributed by atoms with Gasteiger partial charge in [0, 0.05) is 6.04 Å². The number of anilines is 1. The first-order valence-corrected chi connectivity index (χ1v) is 11.2. The first-order chi connectivity index (χ1) is 14.6. The lowest BCUT2D eigenvalue weighted by molar-refractivity contribution is 0.163. The Labute approximate surface area is 191 Å². The van der Waals surface area contributed by atoms with E-state index in [2.05, 4.69) is 33.0 Å². The van der Waals surface area contributed by atoms with Crippen molar-refractivity contribution in [2.45, 2.75) is 66.3 Å². The fourth-order valence-electron chi connectivity index (χ4n) is 3.25. The smallest absolute Gasteiger partial charge is 0.420 e. The number of ether oxygens (including phenoxy) is 2. The first kappa shape index (κ1) is 24.7. The second kappa shape index (κ2) is 11.1. The number of thiocarbonyl (C=S) groups is 1. The van der Waals surface area contributed by atoms with Crippen LogP contribution in [0.25, 0.3) is 0 Å². The summed E-state index contributed by atoms with van der Waals surface area (Å²) >= 11 is 5.64. The molecule has 31 heavy (non-hydrogen) atoms. The van der Waals surface area contributed by atoms with Gasteiger partial charge >= 0.3 is 6.09 Å². The Kier molecular flexibility index (Phi) is 8.87. The van der Waals surface area contributed by atoms with Crippen LogP contribution in [-0.4, -0.2) is 23.9 Å². The van der Waals surface area contributed by atoms with E-state index in [9.17, 15) is 4.79 Å². The van der Waals surface area contributed by atoms with E-state index in [1.807, 2.05) is 56.3 Å². The van der Waals surface area contributed by atoms with Crippen LogP contribution >= 0.6 is 12.2 Å². The van der Waals surface area contributed by atoms with Crippen LogP contribution in [0.5, 0.6) is 11.5 Å². The Morgan fingerprint density at radius 2 is 1.52 bits per heavy atom. The number of nitrogens with one attached hydrogen (secondary N) is 1. The highest BCUT2D eigenvalue weighted by Gasteiger charge is 2.30. The third-order valence-corrected chi connectivity index (χ3v) is 4.95. The van der Waals surface area contributed by atoms with Crippen LogP contribution in [0.4, 0.5) is 10.5 Å². The molecule has 0 radical (unpaired) electrons. The van der Waals surface area contributed by atoms with Crippen LogP contribution in [0, 0.1) is 0 Å². The van der Waals surface area contributed by atoms with Gasteiger partial charge in [-0.05, 0) is 80.2 Å². The molecule has 5 nitrogen and oxygen atoms in total. The highest BCUT2D eigenvalue weighted by molar-refractivity contribution is 7.80. The zero-order chi connectivity index (χ0) is 23.1. The lowest BCUT2D eigenvalue weighted by Gasteiger charge is -2.31. The van der Waals surface area contributed by atoms with Crippen LogP contribution in [0.15, 0.2) is 42.5 Å². The minimum absolute atomic E-state index is 0.0788. The maximum atomic E-state index is 13.0. The molecule has 0 fully saturated rings. The van der Waals surface area contributed by atoms with Crippen molar-refractivity contribution in [2.24, 2.45) is 0 Å². The van der Waals surface area contributed by atoms with Gasteiger partial charge in [-0.1, -0.05) is 45.9 Å². The summed E-state index contributed by atoms with van der Waals surface area (Å²) in [6.45, 7) is 14.4. The molecular formula is C25H34N2O3S. The maximum absolute atomic E-state index is 13.0. The molecule has 0 atom stereocenters. The van der Waals surface area contributed by atoms with Crippen LogP contribution in [-0.2, 0) is 4.74 Å². The minimum atomic E-state index is -0.485. The molecule has 0 aliphatic heterocycles. The van der Waals surface area contributed by atoms with Crippen molar-refractivity contribution in [3.05, 3.63) is 53.6 Å². The monoisotopic (exact) mass is 442 g/mol. The molecule has 1 amide bonds. The zero-order valence-electron chi connectivity index (χ0n) is 19.6. The van der Waals surface area contributed by atoms with E-state index in [1.54, 1.807) is 6.92 Å². The van der Waals surface area contributed by atoms with Gasteiger partial charge in [0.1, 0.15) is 11.5 Å². The Bertz CT molecular complexity index is 866. The second-order valence-corrected chi connectivity index (χ2v) is 8.70. The van der Waals surface area contributed by atoms with Crippen molar-refractivity contribution in [3.8, 4) is 11.5 Å². The molecular weight excluding hydrogens is 408 g/mol. The molecule has 2 aromatic carbocycles. The van der Waals surface area contributed by atoms with Gasteiger partial charge in [-0.3, -0.25) is 0 Å². The fraction of sp³-hybridized carbons (Fsp3) is 0.440. The van der Waals surface area contributed by atoms with Gasteiger partial charge in [0.25, 0.3) is 0 Å². The lowest BCUT2D eigenvalue weighted by Crippen LogP contribution is -2.47. The number of carbonyl (C=O) groups excluding carboxylic acids is 1. The Morgan fingerprint density at radius 1 is 0.968 bits per heavy atom. The molecule has 0 heterocycles. The van der Waals surface area contributed by atoms with Crippen LogP contribution in [0.3, 0.4) is 0 Å². The molecule has 0 saturated heterocycles. The number of hydrogen-bond acceptors (Lipinski definition) is 4. The van der Waals surface area contributed by atoms with Gasteiger partial charge in [0.15, 0.2) is 5.11 Å². The number of rotatable bonds is 7. The van der Waals surface area contributed by atoms with Gasteiger partial charge in [-0.15, -0.1) is 0 Å². The van der Waals surface area contributed by atoms with E-state index >= 15 is 0 Å². The molecule has 6 heteroatoms. The number of carbonyl (C=O) groups is 1. The van der Waals surface area contributed by atoms with E-state index < -0.39 is 6.09 Å². The highest BCUT2D eigenvalue weighted by atomic mass is 32.1. The van der Waals surface area contributed by atoms with Crippen molar-refractivity contribution in [1.29, 1.82) is 0 Å². The maximum Gasteiger partial charge on any atom is 0.420 e. The van der Waals surface area contributed by atoms with E-state index in [0.717, 1.165) is 28.3 Å². The normalized spacial score (nSPS) is 11.0. The molecule has 0 aliphatic carbocycles. The largest absolute Gasteiger partial charge is 0.457 e. The van der Waals surface area contributed by atoms with E-state index in [-0.39, 0.29) is 24.5 Å².